The molecular weight excluding hydrogens is 284 g/mol. The Bertz CT molecular complexity index is 385. The van der Waals surface area contributed by atoms with E-state index in [0.29, 0.717) is 11.8 Å². The highest BCUT2D eigenvalue weighted by atomic mass is 32.2. The average molecular weight is 319 g/mol. The SMILES string of the molecule is CCNC(CCCS(C)(=O)=O)C(CC)(CC)N1CCCC1. The van der Waals surface area contributed by atoms with Crippen LogP contribution in [-0.4, -0.2) is 56.5 Å². The summed E-state index contributed by atoms with van der Waals surface area (Å²) < 4.78 is 22.8. The molecule has 1 unspecified atom stereocenters. The fourth-order valence-electron chi connectivity index (χ4n) is 3.93. The van der Waals surface area contributed by atoms with Crippen molar-refractivity contribution in [2.75, 3.05) is 31.6 Å². The largest absolute Gasteiger partial charge is 0.312 e. The van der Waals surface area contributed by atoms with Gasteiger partial charge in [0, 0.05) is 23.6 Å². The number of sulfone groups is 1. The van der Waals surface area contributed by atoms with E-state index < -0.39 is 9.84 Å². The fourth-order valence-corrected chi connectivity index (χ4v) is 4.62. The minimum absolute atomic E-state index is 0.185. The lowest BCUT2D eigenvalue weighted by Crippen LogP contribution is -2.60. The van der Waals surface area contributed by atoms with Crippen molar-refractivity contribution < 1.29 is 8.42 Å². The molecule has 4 nitrogen and oxygen atoms in total. The van der Waals surface area contributed by atoms with Crippen molar-refractivity contribution in [1.29, 1.82) is 0 Å². The maximum absolute atomic E-state index is 11.4. The third kappa shape index (κ3) is 5.22. The number of nitrogens with one attached hydrogen (secondary N) is 1. The third-order valence-corrected chi connectivity index (χ3v) is 6.10. The molecule has 1 atom stereocenters. The average Bonchev–Trinajstić information content (AvgIpc) is 2.94. The topological polar surface area (TPSA) is 49.4 Å². The molecule has 1 saturated heterocycles. The minimum Gasteiger partial charge on any atom is -0.312 e. The molecule has 126 valence electrons. The number of hydrogen-bond acceptors (Lipinski definition) is 4. The molecule has 1 aliphatic rings. The molecule has 0 saturated carbocycles. The molecule has 0 spiro atoms. The van der Waals surface area contributed by atoms with Gasteiger partial charge in [0.05, 0.1) is 0 Å². The number of nitrogens with zero attached hydrogens (tertiary/aromatic N) is 1. The number of likely N-dealkylation sites (N-methyl/N-ethyl adjacent to an activating group) is 1. The third-order valence-electron chi connectivity index (χ3n) is 5.07. The van der Waals surface area contributed by atoms with E-state index >= 15 is 0 Å². The van der Waals surface area contributed by atoms with Gasteiger partial charge < -0.3 is 5.32 Å². The first-order valence-electron chi connectivity index (χ1n) is 8.55. The van der Waals surface area contributed by atoms with Crippen molar-refractivity contribution >= 4 is 9.84 Å². The Morgan fingerprint density at radius 3 is 2.14 bits per heavy atom. The molecule has 1 N–H and O–H groups in total. The zero-order valence-corrected chi connectivity index (χ0v) is 15.1. The summed E-state index contributed by atoms with van der Waals surface area (Å²) in [4.78, 5) is 2.65. The van der Waals surface area contributed by atoms with Gasteiger partial charge in [-0.25, -0.2) is 8.42 Å². The summed E-state index contributed by atoms with van der Waals surface area (Å²) in [7, 11) is -2.85. The van der Waals surface area contributed by atoms with Crippen LogP contribution >= 0.6 is 0 Å². The summed E-state index contributed by atoms with van der Waals surface area (Å²) in [5.41, 5.74) is 0.185. The van der Waals surface area contributed by atoms with Crippen LogP contribution in [0.5, 0.6) is 0 Å². The van der Waals surface area contributed by atoms with Gasteiger partial charge in [-0.2, -0.15) is 0 Å². The highest BCUT2D eigenvalue weighted by Crippen LogP contribution is 2.33. The highest BCUT2D eigenvalue weighted by Gasteiger charge is 2.41. The lowest BCUT2D eigenvalue weighted by atomic mass is 9.80. The summed E-state index contributed by atoms with van der Waals surface area (Å²) in [5.74, 6) is 0.304. The molecule has 0 aromatic rings. The fraction of sp³-hybridized carbons (Fsp3) is 1.00. The van der Waals surface area contributed by atoms with Crippen LogP contribution in [0.3, 0.4) is 0 Å². The molecule has 0 bridgehead atoms. The summed E-state index contributed by atoms with van der Waals surface area (Å²) >= 11 is 0. The first kappa shape index (κ1) is 18.9. The summed E-state index contributed by atoms with van der Waals surface area (Å²) in [5, 5.41) is 3.65. The molecule has 5 heteroatoms. The van der Waals surface area contributed by atoms with E-state index in [4.69, 9.17) is 0 Å². The summed E-state index contributed by atoms with van der Waals surface area (Å²) in [6.07, 6.45) is 7.88. The highest BCUT2D eigenvalue weighted by molar-refractivity contribution is 7.90. The molecule has 1 fully saturated rings. The van der Waals surface area contributed by atoms with Crippen molar-refractivity contribution in [1.82, 2.24) is 10.2 Å². The Morgan fingerprint density at radius 2 is 1.71 bits per heavy atom. The lowest BCUT2D eigenvalue weighted by Gasteiger charge is -2.47. The first-order valence-corrected chi connectivity index (χ1v) is 10.6. The molecule has 0 aliphatic carbocycles. The Balaban J connectivity index is 2.81. The Labute approximate surface area is 131 Å². The zero-order valence-electron chi connectivity index (χ0n) is 14.3. The van der Waals surface area contributed by atoms with E-state index in [1.54, 1.807) is 0 Å². The van der Waals surface area contributed by atoms with Gasteiger partial charge >= 0.3 is 0 Å². The Morgan fingerprint density at radius 1 is 1.14 bits per heavy atom. The van der Waals surface area contributed by atoms with Crippen LogP contribution in [0, 0.1) is 0 Å². The second kappa shape index (κ2) is 8.49. The van der Waals surface area contributed by atoms with Gasteiger partial charge in [0.25, 0.3) is 0 Å². The van der Waals surface area contributed by atoms with E-state index in [9.17, 15) is 8.42 Å². The predicted octanol–water partition coefficient (Wildman–Crippen LogP) is 2.44. The maximum atomic E-state index is 11.4. The van der Waals surface area contributed by atoms with Crippen LogP contribution < -0.4 is 5.32 Å². The van der Waals surface area contributed by atoms with Crippen LogP contribution in [0.15, 0.2) is 0 Å². The molecule has 0 radical (unpaired) electrons. The van der Waals surface area contributed by atoms with Gasteiger partial charge in [-0.15, -0.1) is 0 Å². The van der Waals surface area contributed by atoms with Crippen molar-refractivity contribution in [3.63, 3.8) is 0 Å². The molecule has 21 heavy (non-hydrogen) atoms. The number of rotatable bonds is 10. The monoisotopic (exact) mass is 318 g/mol. The van der Waals surface area contributed by atoms with E-state index in [1.165, 1.54) is 32.2 Å². The summed E-state index contributed by atoms with van der Waals surface area (Å²) in [6, 6.07) is 0.386. The van der Waals surface area contributed by atoms with Crippen molar-refractivity contribution in [2.45, 2.75) is 70.9 Å². The Kier molecular flexibility index (Phi) is 7.65. The maximum Gasteiger partial charge on any atom is 0.147 e. The molecule has 1 heterocycles. The molecule has 0 aromatic carbocycles. The van der Waals surface area contributed by atoms with Gasteiger partial charge in [0.15, 0.2) is 0 Å². The smallest absolute Gasteiger partial charge is 0.147 e. The number of hydrogen-bond donors (Lipinski definition) is 1. The molecule has 1 rings (SSSR count). The van der Waals surface area contributed by atoms with Gasteiger partial charge in [0.2, 0.25) is 0 Å². The first-order chi connectivity index (χ1) is 9.89. The van der Waals surface area contributed by atoms with Gasteiger partial charge in [0.1, 0.15) is 9.84 Å². The van der Waals surface area contributed by atoms with E-state index in [1.807, 2.05) is 0 Å². The van der Waals surface area contributed by atoms with Crippen molar-refractivity contribution in [3.8, 4) is 0 Å². The van der Waals surface area contributed by atoms with Crippen LogP contribution in [0.25, 0.3) is 0 Å². The predicted molar refractivity (Wildman–Crippen MR) is 90.5 cm³/mol. The van der Waals surface area contributed by atoms with E-state index in [-0.39, 0.29) is 5.54 Å². The van der Waals surface area contributed by atoms with E-state index in [0.717, 1.165) is 32.2 Å². The van der Waals surface area contributed by atoms with Crippen LogP contribution in [-0.2, 0) is 9.84 Å². The minimum atomic E-state index is -2.85. The standard InChI is InChI=1S/C16H34N2O2S/c1-5-16(6-2,18-12-8-9-13-18)15(17-7-3)11-10-14-21(4,19)20/h15,17H,5-14H2,1-4H3. The van der Waals surface area contributed by atoms with Crippen molar-refractivity contribution in [3.05, 3.63) is 0 Å². The quantitative estimate of drug-likeness (QED) is 0.672. The second-order valence-electron chi connectivity index (χ2n) is 6.39. The molecule has 0 amide bonds. The van der Waals surface area contributed by atoms with Crippen LogP contribution in [0.1, 0.15) is 59.3 Å². The van der Waals surface area contributed by atoms with Gasteiger partial charge in [-0.3, -0.25) is 4.90 Å². The molecule has 0 aromatic heterocycles. The second-order valence-corrected chi connectivity index (χ2v) is 8.65. The zero-order chi connectivity index (χ0) is 15.9. The van der Waals surface area contributed by atoms with Crippen LogP contribution in [0.4, 0.5) is 0 Å². The van der Waals surface area contributed by atoms with E-state index in [2.05, 4.69) is 31.0 Å². The summed E-state index contributed by atoms with van der Waals surface area (Å²) in [6.45, 7) is 10.0. The van der Waals surface area contributed by atoms with Gasteiger partial charge in [-0.05, 0) is 58.2 Å². The lowest BCUT2D eigenvalue weighted by molar-refractivity contribution is 0.0590. The molecule has 1 aliphatic heterocycles. The normalized spacial score (nSPS) is 19.0. The molecular formula is C16H34N2O2S. The van der Waals surface area contributed by atoms with Crippen molar-refractivity contribution in [2.24, 2.45) is 0 Å². The Hall–Kier alpha value is -0.130. The van der Waals surface area contributed by atoms with Crippen LogP contribution in [0.2, 0.25) is 0 Å². The number of likely N-dealkylation sites (tertiary alicyclic amines) is 1. The van der Waals surface area contributed by atoms with Gasteiger partial charge in [-0.1, -0.05) is 20.8 Å².